The summed E-state index contributed by atoms with van der Waals surface area (Å²) in [6.07, 6.45) is 1.98. The number of benzene rings is 8. The number of aryl methyl sites for hydroxylation is 3. The van der Waals surface area contributed by atoms with E-state index in [1.807, 2.05) is 6.20 Å². The maximum absolute atomic E-state index is 5.46. The SMILES string of the molecule is Cc1cnc2c(ccc3c(C)c(C)c(-c4ccc(-c5cccc(-c6cccc7c6-c6ccccc6C7(c6ccccc6)c6ccccc6)c5)c5ccccc45)nc32)c1C. The molecule has 0 saturated heterocycles. The zero-order valence-corrected chi connectivity index (χ0v) is 33.7. The summed E-state index contributed by atoms with van der Waals surface area (Å²) in [6, 6.07) is 65.0. The van der Waals surface area contributed by atoms with E-state index in [1.54, 1.807) is 0 Å². The van der Waals surface area contributed by atoms with Gasteiger partial charge in [0.2, 0.25) is 0 Å². The van der Waals surface area contributed by atoms with Crippen LogP contribution >= 0.6 is 0 Å². The second-order valence-electron chi connectivity index (χ2n) is 16.2. The van der Waals surface area contributed by atoms with Gasteiger partial charge in [-0.05, 0) is 122 Å². The molecule has 0 aliphatic heterocycles. The van der Waals surface area contributed by atoms with Crippen molar-refractivity contribution in [2.24, 2.45) is 0 Å². The van der Waals surface area contributed by atoms with Crippen LogP contribution in [0.2, 0.25) is 0 Å². The van der Waals surface area contributed by atoms with Gasteiger partial charge in [-0.1, -0.05) is 170 Å². The van der Waals surface area contributed by atoms with Crippen LogP contribution in [0.3, 0.4) is 0 Å². The summed E-state index contributed by atoms with van der Waals surface area (Å²) >= 11 is 0. The molecular weight excluding hydrogens is 713 g/mol. The van der Waals surface area contributed by atoms with Gasteiger partial charge in [0.15, 0.2) is 0 Å². The molecule has 2 heteroatoms. The zero-order chi connectivity index (χ0) is 39.8. The minimum atomic E-state index is -0.443. The molecule has 2 nitrogen and oxygen atoms in total. The standard InChI is InChI=1S/C57H42N2/c1-35-34-58-55-43(36(35)2)29-30-44-37(3)38(4)54(59-56(44)55)49-32-31-45(47-23-11-12-24-48(47)49)39-17-15-18-40(33-39)46-26-16-28-52-53(46)50-25-13-14-27-51(50)57(52,41-19-7-5-8-20-41)42-21-9-6-10-22-42/h5-34H,1-4H3. The van der Waals surface area contributed by atoms with E-state index in [9.17, 15) is 0 Å². The quantitative estimate of drug-likeness (QED) is 0.164. The first-order chi connectivity index (χ1) is 28.9. The predicted octanol–water partition coefficient (Wildman–Crippen LogP) is 14.5. The fraction of sp³-hybridized carbons (Fsp3) is 0.0877. The fourth-order valence-corrected chi connectivity index (χ4v) is 10.1. The Hall–Kier alpha value is -7.16. The van der Waals surface area contributed by atoms with Crippen LogP contribution in [0.5, 0.6) is 0 Å². The van der Waals surface area contributed by atoms with Crippen molar-refractivity contribution in [1.29, 1.82) is 0 Å². The van der Waals surface area contributed by atoms with Crippen LogP contribution in [0.4, 0.5) is 0 Å². The van der Waals surface area contributed by atoms with Crippen LogP contribution in [0.1, 0.15) is 44.5 Å². The van der Waals surface area contributed by atoms with Gasteiger partial charge in [-0.15, -0.1) is 0 Å². The van der Waals surface area contributed by atoms with Crippen molar-refractivity contribution in [3.05, 3.63) is 227 Å². The Kier molecular flexibility index (Phi) is 8.00. The van der Waals surface area contributed by atoms with Gasteiger partial charge in [0, 0.05) is 22.5 Å². The van der Waals surface area contributed by atoms with Gasteiger partial charge in [-0.2, -0.15) is 0 Å². The average Bonchev–Trinajstić information content (AvgIpc) is 3.60. The van der Waals surface area contributed by atoms with Crippen molar-refractivity contribution in [3.63, 3.8) is 0 Å². The first-order valence-electron chi connectivity index (χ1n) is 20.6. The number of rotatable bonds is 5. The minimum Gasteiger partial charge on any atom is -0.254 e. The van der Waals surface area contributed by atoms with E-state index in [4.69, 9.17) is 9.97 Å². The van der Waals surface area contributed by atoms with Crippen LogP contribution in [-0.4, -0.2) is 9.97 Å². The van der Waals surface area contributed by atoms with Crippen LogP contribution in [0.15, 0.2) is 182 Å². The molecular formula is C57H42N2. The van der Waals surface area contributed by atoms with E-state index in [-0.39, 0.29) is 0 Å². The Bertz CT molecular complexity index is 3270. The fourth-order valence-electron chi connectivity index (χ4n) is 10.1. The van der Waals surface area contributed by atoms with Crippen molar-refractivity contribution >= 4 is 32.6 Å². The van der Waals surface area contributed by atoms with E-state index in [2.05, 4.69) is 204 Å². The van der Waals surface area contributed by atoms with Gasteiger partial charge < -0.3 is 0 Å². The Labute approximate surface area is 345 Å². The van der Waals surface area contributed by atoms with Gasteiger partial charge in [-0.3, -0.25) is 4.98 Å². The normalized spacial score (nSPS) is 12.9. The highest BCUT2D eigenvalue weighted by atomic mass is 14.8. The number of nitrogens with zero attached hydrogens (tertiary/aromatic N) is 2. The van der Waals surface area contributed by atoms with E-state index in [0.29, 0.717) is 0 Å². The number of hydrogen-bond acceptors (Lipinski definition) is 2. The Morgan fingerprint density at radius 1 is 0.390 bits per heavy atom. The topological polar surface area (TPSA) is 25.8 Å². The van der Waals surface area contributed by atoms with Crippen molar-refractivity contribution in [1.82, 2.24) is 9.97 Å². The highest BCUT2D eigenvalue weighted by Crippen LogP contribution is 2.58. The van der Waals surface area contributed by atoms with E-state index >= 15 is 0 Å². The van der Waals surface area contributed by atoms with Gasteiger partial charge in [0.25, 0.3) is 0 Å². The summed E-state index contributed by atoms with van der Waals surface area (Å²) in [6.45, 7) is 8.74. The summed E-state index contributed by atoms with van der Waals surface area (Å²) in [5.41, 5.74) is 21.1. The molecule has 1 aliphatic rings. The van der Waals surface area contributed by atoms with Crippen LogP contribution in [-0.2, 0) is 5.41 Å². The zero-order valence-electron chi connectivity index (χ0n) is 33.7. The molecule has 0 spiro atoms. The lowest BCUT2D eigenvalue weighted by Gasteiger charge is -2.34. The summed E-state index contributed by atoms with van der Waals surface area (Å²) in [5, 5.41) is 4.72. The summed E-state index contributed by atoms with van der Waals surface area (Å²) in [7, 11) is 0. The molecule has 8 aromatic carbocycles. The molecule has 0 bridgehead atoms. The minimum absolute atomic E-state index is 0.443. The first kappa shape index (κ1) is 35.0. The van der Waals surface area contributed by atoms with Crippen LogP contribution in [0.25, 0.3) is 77.2 Å². The Morgan fingerprint density at radius 3 is 1.68 bits per heavy atom. The average molecular weight is 755 g/mol. The molecule has 0 unspecified atom stereocenters. The molecule has 0 saturated carbocycles. The third-order valence-corrected chi connectivity index (χ3v) is 13.2. The molecule has 59 heavy (non-hydrogen) atoms. The molecule has 0 N–H and O–H groups in total. The third kappa shape index (κ3) is 5.12. The largest absolute Gasteiger partial charge is 0.254 e. The predicted molar refractivity (Wildman–Crippen MR) is 247 cm³/mol. The van der Waals surface area contributed by atoms with Gasteiger partial charge in [0.1, 0.15) is 0 Å². The summed E-state index contributed by atoms with van der Waals surface area (Å²) < 4.78 is 0. The van der Waals surface area contributed by atoms with E-state index < -0.39 is 5.41 Å². The molecule has 0 amide bonds. The highest BCUT2D eigenvalue weighted by molar-refractivity contribution is 6.09. The molecule has 0 radical (unpaired) electrons. The van der Waals surface area contributed by atoms with Crippen LogP contribution < -0.4 is 0 Å². The molecule has 1 aliphatic carbocycles. The molecule has 0 atom stereocenters. The van der Waals surface area contributed by atoms with Gasteiger partial charge in [0.05, 0.1) is 22.1 Å². The second kappa shape index (κ2) is 13.5. The molecule has 10 aromatic rings. The van der Waals surface area contributed by atoms with Crippen molar-refractivity contribution in [2.45, 2.75) is 33.1 Å². The maximum atomic E-state index is 5.46. The monoisotopic (exact) mass is 754 g/mol. The van der Waals surface area contributed by atoms with E-state index in [1.165, 1.54) is 88.7 Å². The van der Waals surface area contributed by atoms with Crippen molar-refractivity contribution in [2.75, 3.05) is 0 Å². The lowest BCUT2D eigenvalue weighted by atomic mass is 9.67. The summed E-state index contributed by atoms with van der Waals surface area (Å²) in [5.74, 6) is 0. The molecule has 2 aromatic heterocycles. The smallest absolute Gasteiger partial charge is 0.0975 e. The lowest BCUT2D eigenvalue weighted by Crippen LogP contribution is -2.28. The third-order valence-electron chi connectivity index (χ3n) is 13.2. The van der Waals surface area contributed by atoms with Gasteiger partial charge in [-0.25, -0.2) is 4.98 Å². The lowest BCUT2D eigenvalue weighted by molar-refractivity contribution is 0.768. The number of hydrogen-bond donors (Lipinski definition) is 0. The molecule has 11 rings (SSSR count). The molecule has 2 heterocycles. The Balaban J connectivity index is 1.09. The highest BCUT2D eigenvalue weighted by Gasteiger charge is 2.46. The summed E-state index contributed by atoms with van der Waals surface area (Å²) in [4.78, 5) is 10.4. The maximum Gasteiger partial charge on any atom is 0.0975 e. The Morgan fingerprint density at radius 2 is 0.949 bits per heavy atom. The van der Waals surface area contributed by atoms with Crippen LogP contribution in [0, 0.1) is 27.7 Å². The van der Waals surface area contributed by atoms with Crippen molar-refractivity contribution in [3.8, 4) is 44.6 Å². The number of fused-ring (bicyclic) bond motifs is 7. The number of aromatic nitrogens is 2. The second-order valence-corrected chi connectivity index (χ2v) is 16.2. The van der Waals surface area contributed by atoms with E-state index in [0.717, 1.165) is 33.1 Å². The molecule has 0 fully saturated rings. The molecule has 280 valence electrons. The van der Waals surface area contributed by atoms with Gasteiger partial charge >= 0.3 is 0 Å². The van der Waals surface area contributed by atoms with Crippen molar-refractivity contribution < 1.29 is 0 Å². The number of pyridine rings is 2. The first-order valence-corrected chi connectivity index (χ1v) is 20.6.